The molecule has 0 saturated carbocycles. The highest BCUT2D eigenvalue weighted by Gasteiger charge is 2.20. The molecular formula is C6H10Cl2O2Si. The number of esters is 1. The van der Waals surface area contributed by atoms with Crippen LogP contribution in [0.25, 0.3) is 0 Å². The molecule has 0 heterocycles. The first-order chi connectivity index (χ1) is 4.95. The summed E-state index contributed by atoms with van der Waals surface area (Å²) in [6, 6.07) is 0.551. The highest BCUT2D eigenvalue weighted by atomic mass is 35.7. The first-order valence-electron chi connectivity index (χ1n) is 3.13. The quantitative estimate of drug-likeness (QED) is 0.310. The number of hydrogen-bond acceptors (Lipinski definition) is 2. The largest absolute Gasteiger partial charge is 0.463 e. The SMILES string of the molecule is C=CC(=O)OCC[Si](C)(Cl)Cl. The Morgan fingerprint density at radius 3 is 2.64 bits per heavy atom. The van der Waals surface area contributed by atoms with E-state index in [0.29, 0.717) is 6.04 Å². The second-order valence-corrected chi connectivity index (χ2v) is 10.4. The van der Waals surface area contributed by atoms with Gasteiger partial charge >= 0.3 is 5.97 Å². The Kier molecular flexibility index (Phi) is 4.80. The molecule has 0 aliphatic rings. The van der Waals surface area contributed by atoms with Gasteiger partial charge in [-0.15, -0.1) is 22.2 Å². The maximum Gasteiger partial charge on any atom is 0.330 e. The van der Waals surface area contributed by atoms with Crippen LogP contribution in [0, 0.1) is 0 Å². The lowest BCUT2D eigenvalue weighted by Crippen LogP contribution is -2.16. The van der Waals surface area contributed by atoms with Crippen LogP contribution in [0.2, 0.25) is 12.6 Å². The third kappa shape index (κ3) is 7.91. The molecule has 64 valence electrons. The molecule has 0 aromatic heterocycles. The average molecular weight is 213 g/mol. The van der Waals surface area contributed by atoms with Crippen LogP contribution in [-0.4, -0.2) is 19.3 Å². The normalized spacial score (nSPS) is 10.8. The van der Waals surface area contributed by atoms with Gasteiger partial charge in [0.1, 0.15) is 0 Å². The lowest BCUT2D eigenvalue weighted by atomic mass is 10.6. The molecule has 0 fully saturated rings. The van der Waals surface area contributed by atoms with Crippen LogP contribution in [0.1, 0.15) is 0 Å². The van der Waals surface area contributed by atoms with Gasteiger partial charge in [0.25, 0.3) is 6.69 Å². The van der Waals surface area contributed by atoms with E-state index in [-0.39, 0.29) is 6.61 Å². The average Bonchev–Trinajstić information content (AvgIpc) is 1.85. The monoisotopic (exact) mass is 212 g/mol. The molecular weight excluding hydrogens is 203 g/mol. The van der Waals surface area contributed by atoms with Crippen LogP contribution in [0.4, 0.5) is 0 Å². The second kappa shape index (κ2) is 4.80. The fourth-order valence-corrected chi connectivity index (χ4v) is 1.31. The smallest absolute Gasteiger partial charge is 0.330 e. The first-order valence-corrected chi connectivity index (χ1v) is 7.86. The summed E-state index contributed by atoms with van der Waals surface area (Å²) in [5, 5.41) is 0. The molecule has 0 aliphatic heterocycles. The number of carbonyl (C=O) groups excluding carboxylic acids is 1. The first kappa shape index (κ1) is 11.0. The van der Waals surface area contributed by atoms with Crippen molar-refractivity contribution in [3.05, 3.63) is 12.7 Å². The summed E-state index contributed by atoms with van der Waals surface area (Å²) in [5.74, 6) is -0.434. The fourth-order valence-electron chi connectivity index (χ4n) is 0.390. The van der Waals surface area contributed by atoms with E-state index in [0.717, 1.165) is 6.08 Å². The van der Waals surface area contributed by atoms with E-state index in [2.05, 4.69) is 11.3 Å². The van der Waals surface area contributed by atoms with Gasteiger partial charge in [0.05, 0.1) is 6.61 Å². The van der Waals surface area contributed by atoms with Crippen LogP contribution in [-0.2, 0) is 9.53 Å². The predicted octanol–water partition coefficient (Wildman–Crippen LogP) is 2.27. The summed E-state index contributed by atoms with van der Waals surface area (Å²) < 4.78 is 4.68. The topological polar surface area (TPSA) is 26.3 Å². The van der Waals surface area contributed by atoms with Crippen LogP contribution in [0.5, 0.6) is 0 Å². The molecule has 0 amide bonds. The Bertz CT molecular complexity index is 153. The molecule has 0 rings (SSSR count). The second-order valence-electron chi connectivity index (χ2n) is 2.19. The Hall–Kier alpha value is 0.00688. The van der Waals surface area contributed by atoms with Gasteiger partial charge in [-0.1, -0.05) is 6.58 Å². The molecule has 11 heavy (non-hydrogen) atoms. The molecule has 0 spiro atoms. The molecule has 0 aromatic rings. The van der Waals surface area contributed by atoms with Crippen molar-refractivity contribution in [1.82, 2.24) is 0 Å². The van der Waals surface area contributed by atoms with Crippen molar-refractivity contribution in [1.29, 1.82) is 0 Å². The predicted molar refractivity (Wildman–Crippen MR) is 49.3 cm³/mol. The molecule has 0 N–H and O–H groups in total. The Balaban J connectivity index is 3.42. The molecule has 0 saturated heterocycles. The molecule has 0 atom stereocenters. The van der Waals surface area contributed by atoms with E-state index in [4.69, 9.17) is 22.2 Å². The summed E-state index contributed by atoms with van der Waals surface area (Å²) in [4.78, 5) is 10.5. The van der Waals surface area contributed by atoms with Crippen molar-refractivity contribution in [2.75, 3.05) is 6.61 Å². The van der Waals surface area contributed by atoms with Gasteiger partial charge in [-0.05, 0) is 6.55 Å². The van der Waals surface area contributed by atoms with Gasteiger partial charge in [-0.3, -0.25) is 0 Å². The van der Waals surface area contributed by atoms with E-state index in [9.17, 15) is 4.79 Å². The van der Waals surface area contributed by atoms with Gasteiger partial charge < -0.3 is 4.74 Å². The number of carbonyl (C=O) groups is 1. The lowest BCUT2D eigenvalue weighted by Gasteiger charge is -2.08. The standard InChI is InChI=1S/C6H10Cl2O2Si/c1-3-6(9)10-4-5-11(2,7)8/h3H,1,4-5H2,2H3. The van der Waals surface area contributed by atoms with Gasteiger partial charge in [0.15, 0.2) is 0 Å². The zero-order valence-corrected chi connectivity index (χ0v) is 8.78. The van der Waals surface area contributed by atoms with Gasteiger partial charge in [-0.25, -0.2) is 4.79 Å². The van der Waals surface area contributed by atoms with Crippen molar-refractivity contribution in [2.24, 2.45) is 0 Å². The van der Waals surface area contributed by atoms with Crippen LogP contribution >= 0.6 is 22.2 Å². The highest BCUT2D eigenvalue weighted by molar-refractivity contribution is 7.44. The summed E-state index contributed by atoms with van der Waals surface area (Å²) in [6.07, 6.45) is 1.11. The van der Waals surface area contributed by atoms with Crippen LogP contribution < -0.4 is 0 Å². The van der Waals surface area contributed by atoms with Crippen molar-refractivity contribution >= 4 is 34.8 Å². The van der Waals surface area contributed by atoms with Crippen molar-refractivity contribution in [3.8, 4) is 0 Å². The summed E-state index contributed by atoms with van der Waals surface area (Å²) >= 11 is 11.5. The zero-order chi connectivity index (χ0) is 8.91. The molecule has 0 radical (unpaired) electrons. The number of halogens is 2. The minimum absolute atomic E-state index is 0.278. The molecule has 0 aliphatic carbocycles. The summed E-state index contributed by atoms with van der Waals surface area (Å²) in [6.45, 7) is 3.20. The Morgan fingerprint density at radius 2 is 2.27 bits per heavy atom. The maximum atomic E-state index is 10.5. The zero-order valence-electron chi connectivity index (χ0n) is 6.27. The number of hydrogen-bond donors (Lipinski definition) is 0. The van der Waals surface area contributed by atoms with E-state index in [1.165, 1.54) is 0 Å². The van der Waals surface area contributed by atoms with Crippen molar-refractivity contribution in [2.45, 2.75) is 12.6 Å². The van der Waals surface area contributed by atoms with Crippen LogP contribution in [0.15, 0.2) is 12.7 Å². The third-order valence-corrected chi connectivity index (χ3v) is 3.17. The minimum atomic E-state index is -2.10. The highest BCUT2D eigenvalue weighted by Crippen LogP contribution is 2.18. The maximum absolute atomic E-state index is 10.5. The van der Waals surface area contributed by atoms with Crippen molar-refractivity contribution in [3.63, 3.8) is 0 Å². The summed E-state index contributed by atoms with van der Waals surface area (Å²) in [5.41, 5.74) is 0. The molecule has 0 bridgehead atoms. The Morgan fingerprint density at radius 1 is 1.73 bits per heavy atom. The van der Waals surface area contributed by atoms with Gasteiger partial charge in [0, 0.05) is 12.1 Å². The van der Waals surface area contributed by atoms with Gasteiger partial charge in [-0.2, -0.15) is 0 Å². The van der Waals surface area contributed by atoms with Crippen molar-refractivity contribution < 1.29 is 9.53 Å². The van der Waals surface area contributed by atoms with E-state index in [1.807, 2.05) is 0 Å². The lowest BCUT2D eigenvalue weighted by molar-refractivity contribution is -0.137. The van der Waals surface area contributed by atoms with E-state index in [1.54, 1.807) is 6.55 Å². The molecule has 5 heteroatoms. The van der Waals surface area contributed by atoms with E-state index < -0.39 is 12.7 Å². The Labute approximate surface area is 76.5 Å². The summed E-state index contributed by atoms with van der Waals surface area (Å²) in [7, 11) is 0. The molecule has 0 unspecified atom stereocenters. The van der Waals surface area contributed by atoms with Crippen LogP contribution in [0.3, 0.4) is 0 Å². The number of ether oxygens (including phenoxy) is 1. The number of rotatable bonds is 4. The fraction of sp³-hybridized carbons (Fsp3) is 0.500. The van der Waals surface area contributed by atoms with Gasteiger partial charge in [0.2, 0.25) is 0 Å². The molecule has 2 nitrogen and oxygen atoms in total. The third-order valence-electron chi connectivity index (χ3n) is 0.952. The minimum Gasteiger partial charge on any atom is -0.463 e. The van der Waals surface area contributed by atoms with E-state index >= 15 is 0 Å². The molecule has 0 aromatic carbocycles.